The van der Waals surface area contributed by atoms with Crippen molar-refractivity contribution < 1.29 is 40.3 Å². The Labute approximate surface area is 223 Å². The molecular formula is C25H14ClF7N4O3. The van der Waals surface area contributed by atoms with E-state index >= 15 is 0 Å². The fourth-order valence-electron chi connectivity index (χ4n) is 4.59. The summed E-state index contributed by atoms with van der Waals surface area (Å²) in [6.07, 6.45) is -7.98. The molecule has 15 heteroatoms. The Balaban J connectivity index is 1.73. The average Bonchev–Trinajstić information content (AvgIpc) is 3.36. The number of hydrogen-bond donors (Lipinski definition) is 3. The van der Waals surface area contributed by atoms with Crippen LogP contribution < -0.4 is 16.3 Å². The van der Waals surface area contributed by atoms with E-state index in [0.717, 1.165) is 18.2 Å². The third kappa shape index (κ3) is 4.78. The van der Waals surface area contributed by atoms with Crippen LogP contribution in [0, 0.1) is 11.6 Å². The lowest BCUT2D eigenvalue weighted by Crippen LogP contribution is -2.22. The van der Waals surface area contributed by atoms with Crippen molar-refractivity contribution in [2.45, 2.75) is 25.2 Å². The molecule has 1 aliphatic rings. The monoisotopic (exact) mass is 586 g/mol. The van der Waals surface area contributed by atoms with Crippen molar-refractivity contribution in [3.8, 4) is 0 Å². The van der Waals surface area contributed by atoms with Crippen LogP contribution in [-0.2, 0) is 12.7 Å². The molecule has 5 rings (SSSR count). The standard InChI is InChI=1S/C25H14ClF7N4O3/c26-14-2-1-11(27)6-13(14)20-18-15(34-22(38)9-3-10(25(31,32)33)5-12(28)4-9)7-16-21(19(18)23(39)35-20)36-24(40)37(16)8-17(29)30/h1-7,17,20H,8H2,(H,34,38)(H,35,39)(H,36,40). The van der Waals surface area contributed by atoms with Crippen LogP contribution in [0.15, 0.2) is 47.3 Å². The van der Waals surface area contributed by atoms with Crippen LogP contribution in [0.25, 0.3) is 11.0 Å². The van der Waals surface area contributed by atoms with E-state index in [0.29, 0.717) is 16.7 Å². The summed E-state index contributed by atoms with van der Waals surface area (Å²) in [4.78, 5) is 41.0. The normalized spacial score (nSPS) is 15.0. The van der Waals surface area contributed by atoms with Crippen molar-refractivity contribution in [2.24, 2.45) is 0 Å². The minimum absolute atomic E-state index is 0.0133. The number of aromatic amines is 1. The van der Waals surface area contributed by atoms with Crippen LogP contribution in [0.5, 0.6) is 0 Å². The Morgan fingerprint density at radius 2 is 1.77 bits per heavy atom. The van der Waals surface area contributed by atoms with Gasteiger partial charge in [0, 0.05) is 27.4 Å². The lowest BCUT2D eigenvalue weighted by molar-refractivity contribution is -0.137. The molecule has 0 aliphatic carbocycles. The quantitative estimate of drug-likeness (QED) is 0.265. The number of nitrogens with one attached hydrogen (secondary N) is 3. The smallest absolute Gasteiger partial charge is 0.341 e. The van der Waals surface area contributed by atoms with E-state index in [1.54, 1.807) is 0 Å². The number of alkyl halides is 5. The van der Waals surface area contributed by atoms with Gasteiger partial charge in [0.25, 0.3) is 18.2 Å². The molecule has 1 aromatic heterocycles. The first kappa shape index (κ1) is 27.2. The number of nitrogens with zero attached hydrogens (tertiary/aromatic N) is 1. The fraction of sp³-hybridized carbons (Fsp3) is 0.160. The molecule has 4 aromatic rings. The first-order chi connectivity index (χ1) is 18.7. The number of anilines is 1. The average molecular weight is 587 g/mol. The van der Waals surface area contributed by atoms with E-state index in [1.807, 2.05) is 0 Å². The molecule has 2 amide bonds. The molecule has 0 radical (unpaired) electrons. The van der Waals surface area contributed by atoms with Crippen molar-refractivity contribution in [3.05, 3.63) is 97.4 Å². The first-order valence-corrected chi connectivity index (χ1v) is 11.6. The maximum atomic E-state index is 14.1. The summed E-state index contributed by atoms with van der Waals surface area (Å²) in [5.41, 5.74) is -4.30. The van der Waals surface area contributed by atoms with Crippen LogP contribution in [0.1, 0.15) is 43.4 Å². The Kier molecular flexibility index (Phi) is 6.60. The van der Waals surface area contributed by atoms with Crippen molar-refractivity contribution in [1.82, 2.24) is 14.9 Å². The molecule has 0 saturated carbocycles. The number of carbonyl (C=O) groups excluding carboxylic acids is 2. The topological polar surface area (TPSA) is 96.0 Å². The number of carbonyl (C=O) groups is 2. The van der Waals surface area contributed by atoms with Gasteiger partial charge in [0.2, 0.25) is 0 Å². The second kappa shape index (κ2) is 9.70. The van der Waals surface area contributed by atoms with Gasteiger partial charge in [0.1, 0.15) is 11.6 Å². The van der Waals surface area contributed by atoms with Gasteiger partial charge < -0.3 is 15.6 Å². The third-order valence-electron chi connectivity index (χ3n) is 6.23. The maximum absolute atomic E-state index is 14.1. The zero-order chi connectivity index (χ0) is 29.1. The van der Waals surface area contributed by atoms with Gasteiger partial charge in [0.05, 0.1) is 34.7 Å². The summed E-state index contributed by atoms with van der Waals surface area (Å²) in [6.45, 7) is -1.09. The maximum Gasteiger partial charge on any atom is 0.416 e. The largest absolute Gasteiger partial charge is 0.416 e. The molecule has 1 aliphatic heterocycles. The zero-order valence-electron chi connectivity index (χ0n) is 19.6. The summed E-state index contributed by atoms with van der Waals surface area (Å²) < 4.78 is 94.8. The SMILES string of the molecule is O=C(Nc1cc2c([nH]c(=O)n2CC(F)F)c2c1C(c1cc(F)ccc1Cl)NC2=O)c1cc(F)cc(C(F)(F)F)c1. The van der Waals surface area contributed by atoms with Crippen molar-refractivity contribution in [3.63, 3.8) is 0 Å². The molecule has 0 bridgehead atoms. The molecule has 1 atom stereocenters. The molecule has 0 fully saturated rings. The molecule has 40 heavy (non-hydrogen) atoms. The van der Waals surface area contributed by atoms with Gasteiger partial charge >= 0.3 is 11.9 Å². The first-order valence-electron chi connectivity index (χ1n) is 11.3. The number of imidazole rings is 1. The van der Waals surface area contributed by atoms with E-state index in [2.05, 4.69) is 15.6 Å². The van der Waals surface area contributed by atoms with Crippen molar-refractivity contribution in [1.29, 1.82) is 0 Å². The van der Waals surface area contributed by atoms with Gasteiger partial charge in [-0.15, -0.1) is 0 Å². The number of halogens is 8. The van der Waals surface area contributed by atoms with Gasteiger partial charge in [-0.2, -0.15) is 13.2 Å². The minimum atomic E-state index is -4.98. The Hall–Kier alpha value is -4.33. The van der Waals surface area contributed by atoms with E-state index in [4.69, 9.17) is 11.6 Å². The number of aromatic nitrogens is 2. The Bertz CT molecular complexity index is 1760. The number of rotatable bonds is 5. The predicted octanol–water partition coefficient (Wildman–Crippen LogP) is 5.63. The highest BCUT2D eigenvalue weighted by Crippen LogP contribution is 2.42. The summed E-state index contributed by atoms with van der Waals surface area (Å²) >= 11 is 6.23. The fourth-order valence-corrected chi connectivity index (χ4v) is 4.82. The zero-order valence-corrected chi connectivity index (χ0v) is 20.4. The van der Waals surface area contributed by atoms with Gasteiger partial charge in [-0.3, -0.25) is 14.2 Å². The van der Waals surface area contributed by atoms with Gasteiger partial charge in [-0.1, -0.05) is 11.6 Å². The summed E-state index contributed by atoms with van der Waals surface area (Å²) in [5.74, 6) is -4.21. The van der Waals surface area contributed by atoms with E-state index in [9.17, 15) is 45.1 Å². The van der Waals surface area contributed by atoms with Crippen LogP contribution in [0.2, 0.25) is 5.02 Å². The Morgan fingerprint density at radius 3 is 2.45 bits per heavy atom. The van der Waals surface area contributed by atoms with Crippen LogP contribution in [0.3, 0.4) is 0 Å². The number of benzene rings is 3. The number of amides is 2. The molecule has 0 spiro atoms. The van der Waals surface area contributed by atoms with Gasteiger partial charge in [-0.05, 0) is 42.5 Å². The summed E-state index contributed by atoms with van der Waals surface area (Å²) in [5, 5.41) is 4.80. The third-order valence-corrected chi connectivity index (χ3v) is 6.58. The minimum Gasteiger partial charge on any atom is -0.341 e. The van der Waals surface area contributed by atoms with E-state index in [-0.39, 0.29) is 44.5 Å². The highest BCUT2D eigenvalue weighted by atomic mass is 35.5. The highest BCUT2D eigenvalue weighted by molar-refractivity contribution is 6.31. The lowest BCUT2D eigenvalue weighted by Gasteiger charge is -2.19. The van der Waals surface area contributed by atoms with Gasteiger partial charge in [-0.25, -0.2) is 22.4 Å². The molecule has 2 heterocycles. The van der Waals surface area contributed by atoms with Crippen LogP contribution >= 0.6 is 11.6 Å². The number of H-pyrrole nitrogens is 1. The van der Waals surface area contributed by atoms with Crippen molar-refractivity contribution >= 4 is 40.1 Å². The number of fused-ring (bicyclic) bond motifs is 3. The van der Waals surface area contributed by atoms with Gasteiger partial charge in [0.15, 0.2) is 0 Å². The predicted molar refractivity (Wildman–Crippen MR) is 129 cm³/mol. The summed E-state index contributed by atoms with van der Waals surface area (Å²) in [7, 11) is 0. The second-order valence-electron chi connectivity index (χ2n) is 8.79. The van der Waals surface area contributed by atoms with Crippen LogP contribution in [-0.4, -0.2) is 27.8 Å². The lowest BCUT2D eigenvalue weighted by atomic mass is 9.95. The van der Waals surface area contributed by atoms with Crippen LogP contribution in [0.4, 0.5) is 36.4 Å². The molecule has 0 saturated heterocycles. The highest BCUT2D eigenvalue weighted by Gasteiger charge is 2.38. The van der Waals surface area contributed by atoms with E-state index in [1.165, 1.54) is 6.07 Å². The molecule has 1 unspecified atom stereocenters. The molecular weight excluding hydrogens is 573 g/mol. The molecule has 208 valence electrons. The summed E-state index contributed by atoms with van der Waals surface area (Å²) in [6, 6.07) is 4.15. The second-order valence-corrected chi connectivity index (χ2v) is 9.20. The van der Waals surface area contributed by atoms with E-state index < -0.39 is 65.5 Å². The molecule has 7 nitrogen and oxygen atoms in total. The molecule has 3 N–H and O–H groups in total. The number of hydrogen-bond acceptors (Lipinski definition) is 3. The Morgan fingerprint density at radius 1 is 1.05 bits per heavy atom. The molecule has 3 aromatic carbocycles. The van der Waals surface area contributed by atoms with Crippen molar-refractivity contribution in [2.75, 3.05) is 5.32 Å².